The van der Waals surface area contributed by atoms with Gasteiger partial charge < -0.3 is 14.8 Å². The van der Waals surface area contributed by atoms with Crippen LogP contribution in [-0.2, 0) is 18.5 Å². The molecule has 0 saturated carbocycles. The van der Waals surface area contributed by atoms with Crippen molar-refractivity contribution in [2.45, 2.75) is 20.0 Å². The van der Waals surface area contributed by atoms with Crippen molar-refractivity contribution in [3.8, 4) is 11.4 Å². The van der Waals surface area contributed by atoms with Gasteiger partial charge in [0.15, 0.2) is 19.0 Å². The van der Waals surface area contributed by atoms with Crippen LogP contribution in [0.5, 0.6) is 0 Å². The number of nitrogens with one attached hydrogen (secondary N) is 2. The van der Waals surface area contributed by atoms with Crippen molar-refractivity contribution in [1.82, 2.24) is 19.7 Å². The molecule has 1 atom stereocenters. The third-order valence-corrected chi connectivity index (χ3v) is 4.33. The van der Waals surface area contributed by atoms with Crippen molar-refractivity contribution < 1.29 is 9.69 Å². The Bertz CT molecular complexity index is 753. The Labute approximate surface area is 152 Å². The summed E-state index contributed by atoms with van der Waals surface area (Å²) in [5, 5.41) is 8.16. The van der Waals surface area contributed by atoms with Crippen LogP contribution < -0.4 is 10.2 Å². The van der Waals surface area contributed by atoms with E-state index in [1.807, 2.05) is 49.9 Å². The Balaban J connectivity index is 2.12. The predicted octanol–water partition coefficient (Wildman–Crippen LogP) is 1.27. The van der Waals surface area contributed by atoms with Gasteiger partial charge in [-0.05, 0) is 42.9 Å². The minimum absolute atomic E-state index is 0.0368. The molecule has 1 aromatic heterocycles. The molecule has 24 heavy (non-hydrogen) atoms. The Kier molecular flexibility index (Phi) is 6.53. The minimum Gasteiger partial charge on any atom is -0.351 e. The zero-order chi connectivity index (χ0) is 17.7. The van der Waals surface area contributed by atoms with Crippen LogP contribution in [0.4, 0.5) is 0 Å². The number of aromatic nitrogens is 3. The summed E-state index contributed by atoms with van der Waals surface area (Å²) in [5.74, 6) is 0.814. The predicted molar refractivity (Wildman–Crippen MR) is 97.5 cm³/mol. The topological polar surface area (TPSA) is 56.3 Å². The number of carbonyl (C=O) groups is 1. The molecule has 0 spiro atoms. The lowest BCUT2D eigenvalue weighted by atomic mass is 10.2. The van der Waals surface area contributed by atoms with Gasteiger partial charge in [-0.15, -0.1) is 5.10 Å². The zero-order valence-corrected chi connectivity index (χ0v) is 15.7. The number of benzene rings is 1. The second-order valence-electron chi connectivity index (χ2n) is 5.81. The van der Waals surface area contributed by atoms with Crippen molar-refractivity contribution >= 4 is 29.7 Å². The van der Waals surface area contributed by atoms with E-state index < -0.39 is 0 Å². The highest BCUT2D eigenvalue weighted by atomic mass is 35.5. The number of halogens is 1. The molecule has 0 aliphatic carbocycles. The fourth-order valence-corrected chi connectivity index (χ4v) is 2.67. The molecule has 0 fully saturated rings. The standard InChI is InChI=1S/C16H22ClN5OS/c1-4-9-18-14(23)10-20(2)11-22-16(24)21(3)15(19-22)12-5-7-13(17)8-6-12/h5-8H,4,9-11H2,1-3H3,(H,18,23)/p+1. The van der Waals surface area contributed by atoms with Gasteiger partial charge in [-0.25, -0.2) is 0 Å². The van der Waals surface area contributed by atoms with Gasteiger partial charge in [0, 0.05) is 24.2 Å². The Morgan fingerprint density at radius 3 is 2.67 bits per heavy atom. The van der Waals surface area contributed by atoms with Crippen molar-refractivity contribution in [3.63, 3.8) is 0 Å². The fourth-order valence-electron chi connectivity index (χ4n) is 2.35. The van der Waals surface area contributed by atoms with Gasteiger partial charge in [0.1, 0.15) is 0 Å². The van der Waals surface area contributed by atoms with E-state index in [9.17, 15) is 4.79 Å². The lowest BCUT2D eigenvalue weighted by Crippen LogP contribution is -3.09. The van der Waals surface area contributed by atoms with Gasteiger partial charge in [-0.3, -0.25) is 4.79 Å². The Hall–Kier alpha value is -1.70. The molecule has 1 heterocycles. The average molecular weight is 369 g/mol. The molecule has 8 heteroatoms. The lowest BCUT2D eigenvalue weighted by molar-refractivity contribution is -0.895. The van der Waals surface area contributed by atoms with E-state index in [0.717, 1.165) is 22.7 Å². The van der Waals surface area contributed by atoms with Crippen LogP contribution >= 0.6 is 23.8 Å². The van der Waals surface area contributed by atoms with Gasteiger partial charge in [-0.2, -0.15) is 4.68 Å². The van der Waals surface area contributed by atoms with Gasteiger partial charge in [0.2, 0.25) is 4.77 Å². The number of nitrogens with zero attached hydrogens (tertiary/aromatic N) is 3. The molecule has 0 saturated heterocycles. The van der Waals surface area contributed by atoms with Crippen molar-refractivity contribution in [3.05, 3.63) is 34.1 Å². The zero-order valence-electron chi connectivity index (χ0n) is 14.2. The van der Waals surface area contributed by atoms with E-state index in [1.165, 1.54) is 0 Å². The number of amides is 1. The first-order valence-corrected chi connectivity index (χ1v) is 8.68. The average Bonchev–Trinajstić information content (AvgIpc) is 2.82. The summed E-state index contributed by atoms with van der Waals surface area (Å²) in [7, 11) is 3.84. The summed E-state index contributed by atoms with van der Waals surface area (Å²) in [6.07, 6.45) is 0.931. The van der Waals surface area contributed by atoms with E-state index in [1.54, 1.807) is 4.68 Å². The number of quaternary nitrogens is 1. The number of carbonyl (C=O) groups excluding carboxylic acids is 1. The molecule has 0 aliphatic rings. The maximum Gasteiger partial charge on any atom is 0.275 e. The van der Waals surface area contributed by atoms with E-state index in [4.69, 9.17) is 23.8 Å². The molecule has 2 rings (SSSR count). The molecule has 0 radical (unpaired) electrons. The first-order chi connectivity index (χ1) is 11.4. The normalized spacial score (nSPS) is 12.2. The number of hydrogen-bond donors (Lipinski definition) is 2. The van der Waals surface area contributed by atoms with E-state index >= 15 is 0 Å². The molecule has 130 valence electrons. The third-order valence-electron chi connectivity index (χ3n) is 3.60. The van der Waals surface area contributed by atoms with Crippen molar-refractivity contribution in [2.75, 3.05) is 20.1 Å². The molecule has 2 N–H and O–H groups in total. The van der Waals surface area contributed by atoms with Crippen LogP contribution in [0.15, 0.2) is 24.3 Å². The van der Waals surface area contributed by atoms with Gasteiger partial charge >= 0.3 is 0 Å². The summed E-state index contributed by atoms with van der Waals surface area (Å²) >= 11 is 11.4. The van der Waals surface area contributed by atoms with Crippen LogP contribution in [0.25, 0.3) is 11.4 Å². The molecule has 1 amide bonds. The quantitative estimate of drug-likeness (QED) is 0.724. The number of likely N-dealkylation sites (N-methyl/N-ethyl adjacent to an activating group) is 1. The summed E-state index contributed by atoms with van der Waals surface area (Å²) in [6.45, 7) is 3.65. The lowest BCUT2D eigenvalue weighted by Gasteiger charge is -2.13. The van der Waals surface area contributed by atoms with Crippen LogP contribution in [0, 0.1) is 4.77 Å². The van der Waals surface area contributed by atoms with Gasteiger partial charge in [0.05, 0.1) is 7.05 Å². The third kappa shape index (κ3) is 4.66. The van der Waals surface area contributed by atoms with Gasteiger partial charge in [0.25, 0.3) is 5.91 Å². The monoisotopic (exact) mass is 368 g/mol. The maximum absolute atomic E-state index is 11.8. The van der Waals surface area contributed by atoms with Gasteiger partial charge in [-0.1, -0.05) is 18.5 Å². The van der Waals surface area contributed by atoms with Crippen LogP contribution in [0.1, 0.15) is 13.3 Å². The molecule has 1 aromatic carbocycles. The van der Waals surface area contributed by atoms with Crippen LogP contribution in [0.2, 0.25) is 5.02 Å². The molecule has 2 aromatic rings. The SMILES string of the molecule is CCCNC(=O)C[NH+](C)Cn1nc(-c2ccc(Cl)cc2)n(C)c1=S. The minimum atomic E-state index is 0.0368. The molecule has 6 nitrogen and oxygen atoms in total. The Morgan fingerprint density at radius 1 is 1.38 bits per heavy atom. The Morgan fingerprint density at radius 2 is 2.04 bits per heavy atom. The first kappa shape index (κ1) is 18.6. The summed E-state index contributed by atoms with van der Waals surface area (Å²) in [6, 6.07) is 7.49. The number of rotatable bonds is 7. The highest BCUT2D eigenvalue weighted by molar-refractivity contribution is 7.71. The van der Waals surface area contributed by atoms with Crippen molar-refractivity contribution in [2.24, 2.45) is 7.05 Å². The van der Waals surface area contributed by atoms with E-state index in [2.05, 4.69) is 10.4 Å². The highest BCUT2D eigenvalue weighted by Crippen LogP contribution is 2.19. The summed E-state index contributed by atoms with van der Waals surface area (Å²) in [5.41, 5.74) is 0.949. The number of hydrogen-bond acceptors (Lipinski definition) is 3. The first-order valence-electron chi connectivity index (χ1n) is 7.90. The molecular weight excluding hydrogens is 346 g/mol. The van der Waals surface area contributed by atoms with Crippen LogP contribution in [-0.4, -0.2) is 40.4 Å². The second kappa shape index (κ2) is 8.41. The van der Waals surface area contributed by atoms with Crippen molar-refractivity contribution in [1.29, 1.82) is 0 Å². The molecule has 0 aliphatic heterocycles. The summed E-state index contributed by atoms with van der Waals surface area (Å²) in [4.78, 5) is 12.8. The molecule has 0 bridgehead atoms. The van der Waals surface area contributed by atoms with E-state index in [-0.39, 0.29) is 5.91 Å². The molecular formula is C16H23ClN5OS+. The van der Waals surface area contributed by atoms with E-state index in [0.29, 0.717) is 29.6 Å². The highest BCUT2D eigenvalue weighted by Gasteiger charge is 2.14. The summed E-state index contributed by atoms with van der Waals surface area (Å²) < 4.78 is 4.23. The second-order valence-corrected chi connectivity index (χ2v) is 6.62. The maximum atomic E-state index is 11.8. The largest absolute Gasteiger partial charge is 0.351 e. The van der Waals surface area contributed by atoms with Crippen LogP contribution in [0.3, 0.4) is 0 Å². The smallest absolute Gasteiger partial charge is 0.275 e. The fraction of sp³-hybridized carbons (Fsp3) is 0.438. The molecule has 1 unspecified atom stereocenters.